The van der Waals surface area contributed by atoms with Gasteiger partial charge in [-0.3, -0.25) is 14.4 Å². The van der Waals surface area contributed by atoms with E-state index in [1.165, 1.54) is 18.2 Å². The van der Waals surface area contributed by atoms with Crippen molar-refractivity contribution in [3.63, 3.8) is 0 Å². The maximum atomic E-state index is 12.7. The summed E-state index contributed by atoms with van der Waals surface area (Å²) in [5.74, 6) is -3.29. The number of fused-ring (bicyclic) bond motifs is 2. The van der Waals surface area contributed by atoms with Crippen LogP contribution in [0.3, 0.4) is 0 Å². The number of nitrogens with one attached hydrogen (secondary N) is 1. The van der Waals surface area contributed by atoms with Crippen LogP contribution >= 0.6 is 11.6 Å². The van der Waals surface area contributed by atoms with Gasteiger partial charge in [0.2, 0.25) is 0 Å². The lowest BCUT2D eigenvalue weighted by Crippen LogP contribution is -2.36. The Labute approximate surface area is 166 Å². The minimum Gasteiger partial charge on any atom is -0.452 e. The third-order valence-electron chi connectivity index (χ3n) is 4.07. The van der Waals surface area contributed by atoms with Gasteiger partial charge in [0.05, 0.1) is 16.1 Å². The predicted octanol–water partition coefficient (Wildman–Crippen LogP) is 2.95. The average Bonchev–Trinajstić information content (AvgIpc) is 2.68. The summed E-state index contributed by atoms with van der Waals surface area (Å²) < 4.78 is 40.9. The number of amides is 1. The van der Waals surface area contributed by atoms with Crippen molar-refractivity contribution in [3.05, 3.63) is 69.2 Å². The van der Waals surface area contributed by atoms with Crippen LogP contribution in [0.25, 0.3) is 0 Å². The first-order valence-corrected chi connectivity index (χ1v) is 8.49. The summed E-state index contributed by atoms with van der Waals surface area (Å²) in [6.07, 6.45) is -4.61. The number of benzene rings is 2. The van der Waals surface area contributed by atoms with Crippen molar-refractivity contribution in [2.75, 3.05) is 13.2 Å². The Bertz CT molecular complexity index is 1050. The van der Waals surface area contributed by atoms with Gasteiger partial charge in [0.15, 0.2) is 18.2 Å². The molecule has 0 heterocycles. The lowest BCUT2D eigenvalue weighted by molar-refractivity contribution is -0.140. The lowest BCUT2D eigenvalue weighted by atomic mass is 9.83. The van der Waals surface area contributed by atoms with Gasteiger partial charge in [0.1, 0.15) is 6.54 Å². The number of alkyl halides is 3. The third-order valence-corrected chi connectivity index (χ3v) is 4.46. The fraction of sp³-hybridized carbons (Fsp3) is 0.158. The van der Waals surface area contributed by atoms with Gasteiger partial charge in [-0.15, -0.1) is 0 Å². The van der Waals surface area contributed by atoms with Crippen LogP contribution in [-0.2, 0) is 9.53 Å². The van der Waals surface area contributed by atoms with E-state index in [4.69, 9.17) is 11.6 Å². The van der Waals surface area contributed by atoms with Crippen molar-refractivity contribution < 1.29 is 37.1 Å². The standard InChI is InChI=1S/C19H11ClF3NO5/c20-15-12(18(28)29-7-13(25)24-8-19(21,22)23)6-5-11-14(15)17(27)10-4-2-1-3-9(10)16(11)26/h1-6H,7-8H2,(H,24,25). The predicted molar refractivity (Wildman–Crippen MR) is 94.1 cm³/mol. The molecular formula is C19H11ClF3NO5. The number of esters is 1. The largest absolute Gasteiger partial charge is 0.452 e. The van der Waals surface area contributed by atoms with Crippen molar-refractivity contribution in [2.45, 2.75) is 6.18 Å². The highest BCUT2D eigenvalue weighted by molar-refractivity contribution is 6.41. The second kappa shape index (κ2) is 7.67. The molecule has 10 heteroatoms. The van der Waals surface area contributed by atoms with E-state index in [0.717, 1.165) is 6.07 Å². The number of ketones is 2. The van der Waals surface area contributed by atoms with Gasteiger partial charge in [-0.1, -0.05) is 35.9 Å². The number of ether oxygens (including phenoxy) is 1. The molecule has 6 nitrogen and oxygen atoms in total. The number of hydrogen-bond acceptors (Lipinski definition) is 5. The van der Waals surface area contributed by atoms with E-state index in [1.54, 1.807) is 17.4 Å². The van der Waals surface area contributed by atoms with Gasteiger partial charge in [-0.2, -0.15) is 13.2 Å². The normalized spacial score (nSPS) is 12.8. The van der Waals surface area contributed by atoms with Crippen molar-refractivity contribution in [1.29, 1.82) is 0 Å². The van der Waals surface area contributed by atoms with E-state index in [0.29, 0.717) is 0 Å². The van der Waals surface area contributed by atoms with E-state index in [1.807, 2.05) is 0 Å². The van der Waals surface area contributed by atoms with Crippen LogP contribution < -0.4 is 5.32 Å². The fourth-order valence-electron chi connectivity index (χ4n) is 2.76. The smallest absolute Gasteiger partial charge is 0.405 e. The van der Waals surface area contributed by atoms with Gasteiger partial charge >= 0.3 is 12.1 Å². The molecule has 0 radical (unpaired) electrons. The third kappa shape index (κ3) is 4.14. The maximum Gasteiger partial charge on any atom is 0.405 e. The number of carbonyl (C=O) groups is 4. The summed E-state index contributed by atoms with van der Waals surface area (Å²) in [5.41, 5.74) is -0.124. The molecule has 150 valence electrons. The van der Waals surface area contributed by atoms with Crippen LogP contribution in [0, 0.1) is 0 Å². The molecule has 0 spiro atoms. The van der Waals surface area contributed by atoms with E-state index < -0.39 is 42.8 Å². The quantitative estimate of drug-likeness (QED) is 0.649. The van der Waals surface area contributed by atoms with Crippen molar-refractivity contribution in [1.82, 2.24) is 5.32 Å². The minimum absolute atomic E-state index is 0.0122. The van der Waals surface area contributed by atoms with E-state index >= 15 is 0 Å². The number of halogens is 4. The van der Waals surface area contributed by atoms with Crippen LogP contribution in [0.15, 0.2) is 36.4 Å². The van der Waals surface area contributed by atoms with Gasteiger partial charge in [0, 0.05) is 16.7 Å². The summed E-state index contributed by atoms with van der Waals surface area (Å²) in [5, 5.41) is 1.21. The molecule has 0 atom stereocenters. The Morgan fingerprint density at radius 1 is 0.966 bits per heavy atom. The number of rotatable bonds is 4. The minimum atomic E-state index is -4.61. The van der Waals surface area contributed by atoms with E-state index in [9.17, 15) is 32.3 Å². The monoisotopic (exact) mass is 425 g/mol. The van der Waals surface area contributed by atoms with Crippen LogP contribution in [0.2, 0.25) is 5.02 Å². The Morgan fingerprint density at radius 3 is 2.21 bits per heavy atom. The Kier molecular flexibility index (Phi) is 5.43. The molecule has 0 saturated heterocycles. The first-order chi connectivity index (χ1) is 13.6. The molecule has 0 aromatic heterocycles. The molecule has 0 fully saturated rings. The second-order valence-corrected chi connectivity index (χ2v) is 6.40. The zero-order valence-corrected chi connectivity index (χ0v) is 15.2. The molecule has 0 unspecified atom stereocenters. The molecule has 1 aliphatic carbocycles. The first kappa shape index (κ1) is 20.5. The van der Waals surface area contributed by atoms with Crippen LogP contribution in [0.4, 0.5) is 13.2 Å². The van der Waals surface area contributed by atoms with Crippen LogP contribution in [0.1, 0.15) is 42.2 Å². The average molecular weight is 426 g/mol. The van der Waals surface area contributed by atoms with Crippen molar-refractivity contribution in [2.24, 2.45) is 0 Å². The topological polar surface area (TPSA) is 89.5 Å². The first-order valence-electron chi connectivity index (χ1n) is 8.11. The molecular weight excluding hydrogens is 415 g/mol. The summed E-state index contributed by atoms with van der Waals surface area (Å²) in [4.78, 5) is 48.9. The highest BCUT2D eigenvalue weighted by Gasteiger charge is 2.33. The molecule has 1 aliphatic rings. The summed E-state index contributed by atoms with van der Waals surface area (Å²) in [7, 11) is 0. The Hall–Kier alpha value is -3.20. The summed E-state index contributed by atoms with van der Waals surface area (Å²) in [6.45, 7) is -2.54. The summed E-state index contributed by atoms with van der Waals surface area (Å²) >= 11 is 6.16. The van der Waals surface area contributed by atoms with Gasteiger partial charge < -0.3 is 10.1 Å². The van der Waals surface area contributed by atoms with E-state index in [2.05, 4.69) is 4.74 Å². The summed E-state index contributed by atoms with van der Waals surface area (Å²) in [6, 6.07) is 8.50. The van der Waals surface area contributed by atoms with Gasteiger partial charge in [-0.25, -0.2) is 4.79 Å². The highest BCUT2D eigenvalue weighted by Crippen LogP contribution is 2.34. The zero-order chi connectivity index (χ0) is 21.3. The van der Waals surface area contributed by atoms with Gasteiger partial charge in [-0.05, 0) is 12.1 Å². The molecule has 0 saturated carbocycles. The lowest BCUT2D eigenvalue weighted by Gasteiger charge is -2.19. The second-order valence-electron chi connectivity index (χ2n) is 6.02. The maximum absolute atomic E-state index is 12.7. The number of hydrogen-bond donors (Lipinski definition) is 1. The van der Waals surface area contributed by atoms with Crippen LogP contribution in [0.5, 0.6) is 0 Å². The zero-order valence-electron chi connectivity index (χ0n) is 14.4. The Morgan fingerprint density at radius 2 is 1.59 bits per heavy atom. The van der Waals surface area contributed by atoms with Gasteiger partial charge in [0.25, 0.3) is 5.91 Å². The molecule has 1 N–H and O–H groups in total. The SMILES string of the molecule is O=C(COC(=O)c1ccc2c(c1Cl)C(=O)c1ccccc1C2=O)NCC(F)(F)F. The molecule has 1 amide bonds. The van der Waals surface area contributed by atoms with Crippen LogP contribution in [-0.4, -0.2) is 42.8 Å². The molecule has 3 rings (SSSR count). The van der Waals surface area contributed by atoms with Crippen molar-refractivity contribution in [3.8, 4) is 0 Å². The molecule has 2 aromatic carbocycles. The highest BCUT2D eigenvalue weighted by atomic mass is 35.5. The molecule has 2 aromatic rings. The van der Waals surface area contributed by atoms with E-state index in [-0.39, 0.29) is 32.8 Å². The Balaban J connectivity index is 1.81. The number of carbonyl (C=O) groups excluding carboxylic acids is 4. The fourth-order valence-corrected chi connectivity index (χ4v) is 3.09. The molecule has 29 heavy (non-hydrogen) atoms. The molecule has 0 aliphatic heterocycles. The molecule has 0 bridgehead atoms. The van der Waals surface area contributed by atoms with Crippen molar-refractivity contribution >= 4 is 35.0 Å².